The van der Waals surface area contributed by atoms with Crippen LogP contribution < -0.4 is 0 Å². The molecular weight excluding hydrogens is 268 g/mol. The number of rotatable bonds is 2. The molecule has 4 aliphatic rings. The minimum atomic E-state index is 0.649. The van der Waals surface area contributed by atoms with Gasteiger partial charge in [-0.2, -0.15) is 0 Å². The average Bonchev–Trinajstić information content (AvgIpc) is 3.29. The lowest BCUT2D eigenvalue weighted by Gasteiger charge is -2.28. The summed E-state index contributed by atoms with van der Waals surface area (Å²) < 4.78 is 0. The number of fused-ring (bicyclic) bond motifs is 4. The topological polar surface area (TPSA) is 20.2 Å². The van der Waals surface area contributed by atoms with Crippen molar-refractivity contribution in [1.82, 2.24) is 0 Å². The van der Waals surface area contributed by atoms with Crippen molar-refractivity contribution in [3.63, 3.8) is 0 Å². The van der Waals surface area contributed by atoms with Crippen LogP contribution in [0.15, 0.2) is 12.1 Å². The van der Waals surface area contributed by atoms with Gasteiger partial charge in [-0.1, -0.05) is 30.5 Å². The smallest absolute Gasteiger partial charge is 0.122 e. The highest BCUT2D eigenvalue weighted by Gasteiger charge is 2.44. The third kappa shape index (κ3) is 1.90. The van der Waals surface area contributed by atoms with Gasteiger partial charge in [0.1, 0.15) is 5.75 Å². The van der Waals surface area contributed by atoms with Crippen molar-refractivity contribution in [3.8, 4) is 5.75 Å². The first-order chi connectivity index (χ1) is 10.7. The zero-order valence-electron chi connectivity index (χ0n) is 13.7. The fourth-order valence-electron chi connectivity index (χ4n) is 6.65. The first kappa shape index (κ1) is 13.5. The molecule has 1 heteroatoms. The molecule has 6 atom stereocenters. The summed E-state index contributed by atoms with van der Waals surface area (Å²) >= 11 is 0. The molecule has 0 amide bonds. The van der Waals surface area contributed by atoms with Gasteiger partial charge >= 0.3 is 0 Å². The first-order valence-corrected chi connectivity index (χ1v) is 9.52. The van der Waals surface area contributed by atoms with Gasteiger partial charge in [0.25, 0.3) is 0 Å². The van der Waals surface area contributed by atoms with Crippen molar-refractivity contribution >= 4 is 0 Å². The summed E-state index contributed by atoms with van der Waals surface area (Å²) in [5, 5.41) is 11.1. The number of hydrogen-bond donors (Lipinski definition) is 1. The molecule has 0 aromatic heterocycles. The van der Waals surface area contributed by atoms with Crippen molar-refractivity contribution < 1.29 is 5.11 Å². The highest BCUT2D eigenvalue weighted by Crippen LogP contribution is 2.58. The lowest BCUT2D eigenvalue weighted by molar-refractivity contribution is 0.376. The van der Waals surface area contributed by atoms with Crippen LogP contribution in [0.2, 0.25) is 0 Å². The molecule has 4 aliphatic carbocycles. The molecule has 1 aromatic carbocycles. The van der Waals surface area contributed by atoms with E-state index in [-0.39, 0.29) is 0 Å². The molecule has 4 fully saturated rings. The van der Waals surface area contributed by atoms with E-state index in [1.165, 1.54) is 68.1 Å². The molecular formula is C21H28O. The maximum Gasteiger partial charge on any atom is 0.122 e. The van der Waals surface area contributed by atoms with Crippen LogP contribution in [0.1, 0.15) is 79.9 Å². The van der Waals surface area contributed by atoms with Crippen LogP contribution in [-0.4, -0.2) is 5.11 Å². The standard InChI is InChI=1S/C21H28O/c1-12-6-19(17-10-13-2-4-15(17)8-13)21(22)20(7-12)18-11-14-3-5-16(18)9-14/h6-7,13-18,22H,2-5,8-11H2,1H3/t13-,14-,15-,16-,17-,18+/m1/s1. The first-order valence-electron chi connectivity index (χ1n) is 9.52. The maximum absolute atomic E-state index is 11.1. The van der Waals surface area contributed by atoms with Gasteiger partial charge in [-0.25, -0.2) is 0 Å². The van der Waals surface area contributed by atoms with Crippen LogP contribution >= 0.6 is 0 Å². The largest absolute Gasteiger partial charge is 0.507 e. The Hall–Kier alpha value is -0.980. The van der Waals surface area contributed by atoms with Gasteiger partial charge in [-0.15, -0.1) is 0 Å². The Labute approximate surface area is 134 Å². The van der Waals surface area contributed by atoms with Crippen molar-refractivity contribution in [3.05, 3.63) is 28.8 Å². The van der Waals surface area contributed by atoms with Crippen molar-refractivity contribution in [1.29, 1.82) is 0 Å². The zero-order valence-corrected chi connectivity index (χ0v) is 13.7. The lowest BCUT2D eigenvalue weighted by Crippen LogP contribution is -2.13. The number of aryl methyl sites for hydroxylation is 1. The van der Waals surface area contributed by atoms with E-state index in [9.17, 15) is 5.11 Å². The van der Waals surface area contributed by atoms with Crippen LogP contribution in [0.3, 0.4) is 0 Å². The van der Waals surface area contributed by atoms with E-state index in [1.807, 2.05) is 0 Å². The lowest BCUT2D eigenvalue weighted by atomic mass is 9.77. The third-order valence-electron chi connectivity index (χ3n) is 7.59. The van der Waals surface area contributed by atoms with E-state index in [4.69, 9.17) is 0 Å². The Morgan fingerprint density at radius 1 is 0.773 bits per heavy atom. The molecule has 0 radical (unpaired) electrons. The minimum absolute atomic E-state index is 0.649. The summed E-state index contributed by atoms with van der Waals surface area (Å²) in [6.07, 6.45) is 11.2. The molecule has 1 nitrogen and oxygen atoms in total. The Morgan fingerprint density at radius 3 is 1.64 bits per heavy atom. The molecule has 0 spiro atoms. The van der Waals surface area contributed by atoms with Crippen molar-refractivity contribution in [2.45, 2.75) is 70.1 Å². The van der Waals surface area contributed by atoms with Gasteiger partial charge < -0.3 is 5.11 Å². The Bertz CT molecular complexity index is 555. The van der Waals surface area contributed by atoms with Gasteiger partial charge in [-0.3, -0.25) is 0 Å². The molecule has 0 saturated heterocycles. The SMILES string of the molecule is Cc1cc([C@H]2C[C@@H]3CC[C@@H]2C3)c(O)c([C@@H]2C[C@@H]3CC[C@@H]2C3)c1. The normalized spacial score (nSPS) is 42.4. The van der Waals surface area contributed by atoms with E-state index < -0.39 is 0 Å². The molecule has 0 aliphatic heterocycles. The summed E-state index contributed by atoms with van der Waals surface area (Å²) in [7, 11) is 0. The number of benzene rings is 1. The van der Waals surface area contributed by atoms with Gasteiger partial charge in [0.05, 0.1) is 0 Å². The monoisotopic (exact) mass is 296 g/mol. The Morgan fingerprint density at radius 2 is 1.27 bits per heavy atom. The molecule has 0 heterocycles. The second-order valence-electron chi connectivity index (χ2n) is 8.85. The van der Waals surface area contributed by atoms with E-state index in [0.717, 1.165) is 23.7 Å². The molecule has 1 N–H and O–H groups in total. The van der Waals surface area contributed by atoms with Crippen LogP contribution in [0, 0.1) is 30.6 Å². The van der Waals surface area contributed by atoms with Gasteiger partial charge in [-0.05, 0) is 92.1 Å². The third-order valence-corrected chi connectivity index (χ3v) is 7.59. The molecule has 4 saturated carbocycles. The summed E-state index contributed by atoms with van der Waals surface area (Å²) in [5.74, 6) is 5.59. The second kappa shape index (κ2) is 4.76. The van der Waals surface area contributed by atoms with Crippen molar-refractivity contribution in [2.24, 2.45) is 23.7 Å². The minimum Gasteiger partial charge on any atom is -0.507 e. The van der Waals surface area contributed by atoms with Crippen LogP contribution in [0.5, 0.6) is 5.75 Å². The quantitative estimate of drug-likeness (QED) is 0.763. The summed E-state index contributed by atoms with van der Waals surface area (Å²) in [4.78, 5) is 0. The number of phenolic OH excluding ortho intramolecular Hbond substituents is 1. The van der Waals surface area contributed by atoms with Gasteiger partial charge in [0, 0.05) is 0 Å². The van der Waals surface area contributed by atoms with E-state index in [0.29, 0.717) is 17.6 Å². The zero-order chi connectivity index (χ0) is 14.8. The summed E-state index contributed by atoms with van der Waals surface area (Å²) in [5.41, 5.74) is 3.99. The van der Waals surface area contributed by atoms with Gasteiger partial charge in [0.15, 0.2) is 0 Å². The fourth-order valence-corrected chi connectivity index (χ4v) is 6.65. The van der Waals surface area contributed by atoms with E-state index in [2.05, 4.69) is 19.1 Å². The van der Waals surface area contributed by atoms with Crippen LogP contribution in [0.25, 0.3) is 0 Å². The van der Waals surface area contributed by atoms with Crippen LogP contribution in [0.4, 0.5) is 0 Å². The molecule has 118 valence electrons. The number of hydrogen-bond acceptors (Lipinski definition) is 1. The Balaban J connectivity index is 1.53. The highest BCUT2D eigenvalue weighted by atomic mass is 16.3. The number of phenols is 1. The predicted octanol–water partition coefficient (Wildman–Crippen LogP) is 5.51. The summed E-state index contributed by atoms with van der Waals surface area (Å²) in [6, 6.07) is 4.61. The maximum atomic E-state index is 11.1. The summed E-state index contributed by atoms with van der Waals surface area (Å²) in [6.45, 7) is 2.23. The molecule has 0 unspecified atom stereocenters. The van der Waals surface area contributed by atoms with Crippen molar-refractivity contribution in [2.75, 3.05) is 0 Å². The average molecular weight is 296 g/mol. The fraction of sp³-hybridized carbons (Fsp3) is 0.714. The molecule has 1 aromatic rings. The number of aromatic hydroxyl groups is 1. The van der Waals surface area contributed by atoms with Gasteiger partial charge in [0.2, 0.25) is 0 Å². The van der Waals surface area contributed by atoms with Crippen LogP contribution in [-0.2, 0) is 0 Å². The molecule has 4 bridgehead atoms. The molecule has 5 rings (SSSR count). The highest BCUT2D eigenvalue weighted by molar-refractivity contribution is 5.48. The second-order valence-corrected chi connectivity index (χ2v) is 8.85. The predicted molar refractivity (Wildman–Crippen MR) is 89.2 cm³/mol. The van der Waals surface area contributed by atoms with E-state index in [1.54, 1.807) is 0 Å². The molecule has 22 heavy (non-hydrogen) atoms. The Kier molecular flexibility index (Phi) is 2.91. The van der Waals surface area contributed by atoms with E-state index >= 15 is 0 Å².